The molecule has 0 unspecified atom stereocenters. The van der Waals surface area contributed by atoms with Gasteiger partial charge in [-0.2, -0.15) is 9.97 Å². The van der Waals surface area contributed by atoms with Crippen molar-refractivity contribution in [1.82, 2.24) is 24.4 Å². The van der Waals surface area contributed by atoms with Gasteiger partial charge in [-0.25, -0.2) is 4.98 Å². The first-order valence-electron chi connectivity index (χ1n) is 10.9. The summed E-state index contributed by atoms with van der Waals surface area (Å²) in [4.78, 5) is 16.7. The molecule has 154 valence electrons. The van der Waals surface area contributed by atoms with Gasteiger partial charge in [-0.05, 0) is 19.3 Å². The van der Waals surface area contributed by atoms with Crippen molar-refractivity contribution < 1.29 is 4.74 Å². The van der Waals surface area contributed by atoms with Crippen molar-refractivity contribution in [1.29, 1.82) is 0 Å². The summed E-state index contributed by atoms with van der Waals surface area (Å²) in [5.41, 5.74) is 1.84. The van der Waals surface area contributed by atoms with E-state index in [1.165, 1.54) is 32.1 Å². The summed E-state index contributed by atoms with van der Waals surface area (Å²) >= 11 is 0. The van der Waals surface area contributed by atoms with Crippen molar-refractivity contribution in [2.45, 2.75) is 51.5 Å². The third kappa shape index (κ3) is 4.55. The van der Waals surface area contributed by atoms with Gasteiger partial charge in [0.1, 0.15) is 0 Å². The summed E-state index contributed by atoms with van der Waals surface area (Å²) < 4.78 is 7.70. The average molecular weight is 388 g/mol. The Morgan fingerprint density at radius 3 is 2.68 bits per heavy atom. The first kappa shape index (κ1) is 19.4. The number of morpholine rings is 1. The number of nitrogens with zero attached hydrogens (tertiary/aromatic N) is 5. The minimum atomic E-state index is 0.508. The maximum absolute atomic E-state index is 5.42. The van der Waals surface area contributed by atoms with E-state index < -0.39 is 0 Å². The van der Waals surface area contributed by atoms with Crippen LogP contribution in [0.2, 0.25) is 0 Å². The Labute approximate surface area is 167 Å². The van der Waals surface area contributed by atoms with Crippen molar-refractivity contribution in [3.63, 3.8) is 0 Å². The molecule has 2 fully saturated rings. The Hall–Kier alpha value is -1.93. The number of hydrogen-bond acceptors (Lipinski definition) is 7. The lowest BCUT2D eigenvalue weighted by molar-refractivity contribution is 0.0398. The zero-order valence-corrected chi connectivity index (χ0v) is 17.0. The Morgan fingerprint density at radius 2 is 1.89 bits per heavy atom. The van der Waals surface area contributed by atoms with E-state index in [0.717, 1.165) is 69.3 Å². The molecular formula is C20H33N7O. The molecule has 0 aromatic carbocycles. The fourth-order valence-corrected chi connectivity index (χ4v) is 4.14. The highest BCUT2D eigenvalue weighted by Crippen LogP contribution is 2.31. The predicted octanol–water partition coefficient (Wildman–Crippen LogP) is 2.90. The molecule has 0 bridgehead atoms. The van der Waals surface area contributed by atoms with E-state index >= 15 is 0 Å². The number of fused-ring (bicyclic) bond motifs is 1. The molecule has 1 aliphatic carbocycles. The number of hydrogen-bond donors (Lipinski definition) is 2. The molecule has 8 heteroatoms. The maximum atomic E-state index is 5.42. The number of rotatable bonds is 8. The van der Waals surface area contributed by atoms with E-state index in [4.69, 9.17) is 14.7 Å². The normalized spacial score (nSPS) is 19.2. The molecule has 2 aromatic rings. The molecule has 2 aromatic heterocycles. The number of aromatic nitrogens is 4. The van der Waals surface area contributed by atoms with Gasteiger partial charge in [-0.15, -0.1) is 0 Å². The van der Waals surface area contributed by atoms with E-state index in [9.17, 15) is 0 Å². The first-order valence-corrected chi connectivity index (χ1v) is 10.9. The summed E-state index contributed by atoms with van der Waals surface area (Å²) in [6, 6.07) is 0.508. The summed E-state index contributed by atoms with van der Waals surface area (Å²) in [5, 5.41) is 6.87. The number of ether oxygens (including phenoxy) is 1. The molecular weight excluding hydrogens is 354 g/mol. The highest BCUT2D eigenvalue weighted by molar-refractivity contribution is 5.84. The van der Waals surface area contributed by atoms with Gasteiger partial charge in [0.2, 0.25) is 5.95 Å². The van der Waals surface area contributed by atoms with Crippen molar-refractivity contribution in [3.05, 3.63) is 6.33 Å². The fraction of sp³-hybridized carbons (Fsp3) is 0.750. The van der Waals surface area contributed by atoms with Crippen molar-refractivity contribution in [2.75, 3.05) is 56.6 Å². The third-order valence-corrected chi connectivity index (χ3v) is 5.75. The monoisotopic (exact) mass is 387 g/mol. The second kappa shape index (κ2) is 9.52. The van der Waals surface area contributed by atoms with Crippen LogP contribution in [0.15, 0.2) is 6.33 Å². The molecule has 28 heavy (non-hydrogen) atoms. The van der Waals surface area contributed by atoms with E-state index in [-0.39, 0.29) is 0 Å². The Balaban J connectivity index is 1.52. The molecule has 1 saturated carbocycles. The highest BCUT2D eigenvalue weighted by atomic mass is 16.5. The van der Waals surface area contributed by atoms with Crippen molar-refractivity contribution in [3.8, 4) is 0 Å². The molecule has 2 aliphatic rings. The van der Waals surface area contributed by atoms with Crippen LogP contribution in [0.25, 0.3) is 11.2 Å². The van der Waals surface area contributed by atoms with Crippen LogP contribution >= 0.6 is 0 Å². The maximum Gasteiger partial charge on any atom is 0.226 e. The molecule has 0 radical (unpaired) electrons. The lowest BCUT2D eigenvalue weighted by Gasteiger charge is -2.26. The summed E-state index contributed by atoms with van der Waals surface area (Å²) in [6.07, 6.45) is 9.37. The predicted molar refractivity (Wildman–Crippen MR) is 112 cm³/mol. The third-order valence-electron chi connectivity index (χ3n) is 5.75. The Morgan fingerprint density at radius 1 is 1.07 bits per heavy atom. The second-order valence-corrected chi connectivity index (χ2v) is 7.82. The highest BCUT2D eigenvalue weighted by Gasteiger charge is 2.20. The van der Waals surface area contributed by atoms with Crippen LogP contribution in [0.3, 0.4) is 0 Å². The molecule has 0 spiro atoms. The lowest BCUT2D eigenvalue weighted by Crippen LogP contribution is -2.39. The van der Waals surface area contributed by atoms with Crippen LogP contribution in [0, 0.1) is 0 Å². The molecule has 4 rings (SSSR count). The summed E-state index contributed by atoms with van der Waals surface area (Å²) in [5.74, 6) is 1.53. The first-order chi connectivity index (χ1) is 13.8. The van der Waals surface area contributed by atoms with Crippen LogP contribution < -0.4 is 10.6 Å². The van der Waals surface area contributed by atoms with Gasteiger partial charge in [0.05, 0.1) is 19.5 Å². The SMILES string of the molecule is CCCNc1nc(NCCN2CCOCC2)nc2c1ncn2C1CCCCC1. The molecule has 3 heterocycles. The standard InChI is InChI=1S/C20H33N7O/c1-2-8-21-18-17-19(27(15-23-17)16-6-4-3-5-7-16)25-20(24-18)22-9-10-26-11-13-28-14-12-26/h15-16H,2-14H2,1H3,(H2,21,22,24,25). The molecule has 1 saturated heterocycles. The Kier molecular flexibility index (Phi) is 6.59. The minimum absolute atomic E-state index is 0.508. The van der Waals surface area contributed by atoms with E-state index in [1.807, 2.05) is 6.33 Å². The molecule has 8 nitrogen and oxygen atoms in total. The van der Waals surface area contributed by atoms with Crippen LogP contribution in [0.5, 0.6) is 0 Å². The van der Waals surface area contributed by atoms with Gasteiger partial charge >= 0.3 is 0 Å². The average Bonchev–Trinajstić information content (AvgIpc) is 3.17. The number of anilines is 2. The van der Waals surface area contributed by atoms with Crippen LogP contribution in [-0.2, 0) is 4.74 Å². The largest absolute Gasteiger partial charge is 0.379 e. The summed E-state index contributed by atoms with van der Waals surface area (Å²) in [6.45, 7) is 8.50. The van der Waals surface area contributed by atoms with Gasteiger partial charge in [0.25, 0.3) is 0 Å². The van der Waals surface area contributed by atoms with E-state index in [0.29, 0.717) is 12.0 Å². The zero-order valence-electron chi connectivity index (χ0n) is 17.0. The summed E-state index contributed by atoms with van der Waals surface area (Å²) in [7, 11) is 0. The lowest BCUT2D eigenvalue weighted by atomic mass is 9.95. The number of nitrogens with one attached hydrogen (secondary N) is 2. The van der Waals surface area contributed by atoms with Gasteiger partial charge in [0, 0.05) is 38.8 Å². The van der Waals surface area contributed by atoms with E-state index in [1.54, 1.807) is 0 Å². The fourth-order valence-electron chi connectivity index (χ4n) is 4.14. The molecule has 0 amide bonds. The molecule has 0 atom stereocenters. The quantitative estimate of drug-likeness (QED) is 0.721. The van der Waals surface area contributed by atoms with Crippen LogP contribution in [0.1, 0.15) is 51.5 Å². The van der Waals surface area contributed by atoms with Gasteiger partial charge < -0.3 is 19.9 Å². The van der Waals surface area contributed by atoms with Crippen molar-refractivity contribution in [2.24, 2.45) is 0 Å². The topological polar surface area (TPSA) is 80.1 Å². The van der Waals surface area contributed by atoms with Crippen LogP contribution in [0.4, 0.5) is 11.8 Å². The molecule has 1 aliphatic heterocycles. The molecule has 2 N–H and O–H groups in total. The smallest absolute Gasteiger partial charge is 0.226 e. The van der Waals surface area contributed by atoms with Gasteiger partial charge in [-0.3, -0.25) is 4.90 Å². The zero-order chi connectivity index (χ0) is 19.2. The van der Waals surface area contributed by atoms with Crippen LogP contribution in [-0.4, -0.2) is 70.4 Å². The number of imidazole rings is 1. The van der Waals surface area contributed by atoms with Gasteiger partial charge in [-0.1, -0.05) is 26.2 Å². The van der Waals surface area contributed by atoms with Gasteiger partial charge in [0.15, 0.2) is 17.0 Å². The second-order valence-electron chi connectivity index (χ2n) is 7.82. The Bertz CT molecular complexity index is 750. The van der Waals surface area contributed by atoms with Crippen molar-refractivity contribution >= 4 is 22.9 Å². The van der Waals surface area contributed by atoms with E-state index in [2.05, 4.69) is 32.0 Å². The minimum Gasteiger partial charge on any atom is -0.379 e.